The third-order valence-corrected chi connectivity index (χ3v) is 3.72. The zero-order chi connectivity index (χ0) is 13.1. The minimum absolute atomic E-state index is 0.0253. The molecule has 1 unspecified atom stereocenters. The first-order chi connectivity index (χ1) is 9.33. The molecule has 0 aliphatic carbocycles. The predicted octanol–water partition coefficient (Wildman–Crippen LogP) is 2.08. The van der Waals surface area contributed by atoms with E-state index in [9.17, 15) is 4.79 Å². The van der Waals surface area contributed by atoms with Crippen molar-refractivity contribution in [1.82, 2.24) is 10.3 Å². The summed E-state index contributed by atoms with van der Waals surface area (Å²) in [6.45, 7) is 2.19. The summed E-state index contributed by atoms with van der Waals surface area (Å²) in [6, 6.07) is 8.41. The largest absolute Gasteiger partial charge is 0.382 e. The number of hydrogen-bond donors (Lipinski definition) is 3. The molecule has 1 aromatic carbocycles. The SMILES string of the molecule is O=c1[nH]ccc2cc(NC3CCCNCC3)ccc12. The van der Waals surface area contributed by atoms with E-state index in [1.807, 2.05) is 18.2 Å². The normalized spacial score (nSPS) is 20.1. The highest BCUT2D eigenvalue weighted by molar-refractivity contribution is 5.84. The van der Waals surface area contributed by atoms with Crippen molar-refractivity contribution in [2.75, 3.05) is 18.4 Å². The van der Waals surface area contributed by atoms with E-state index in [0.717, 1.165) is 36.0 Å². The van der Waals surface area contributed by atoms with Crippen LogP contribution in [0.1, 0.15) is 19.3 Å². The second-order valence-corrected chi connectivity index (χ2v) is 5.13. The third-order valence-electron chi connectivity index (χ3n) is 3.72. The number of hydrogen-bond acceptors (Lipinski definition) is 3. The summed E-state index contributed by atoms with van der Waals surface area (Å²) in [6.07, 6.45) is 5.25. The second-order valence-electron chi connectivity index (χ2n) is 5.13. The van der Waals surface area contributed by atoms with Crippen LogP contribution in [0.2, 0.25) is 0 Å². The Morgan fingerprint density at radius 3 is 3.05 bits per heavy atom. The maximum Gasteiger partial charge on any atom is 0.255 e. The molecule has 3 rings (SSSR count). The van der Waals surface area contributed by atoms with Crippen LogP contribution in [0, 0.1) is 0 Å². The Balaban J connectivity index is 1.83. The van der Waals surface area contributed by atoms with Crippen molar-refractivity contribution >= 4 is 16.5 Å². The van der Waals surface area contributed by atoms with Gasteiger partial charge < -0.3 is 15.6 Å². The van der Waals surface area contributed by atoms with E-state index >= 15 is 0 Å². The van der Waals surface area contributed by atoms with Gasteiger partial charge in [-0.05, 0) is 62.0 Å². The van der Waals surface area contributed by atoms with Gasteiger partial charge in [-0.3, -0.25) is 4.79 Å². The molecule has 1 saturated heterocycles. The molecule has 4 nitrogen and oxygen atoms in total. The molecule has 0 bridgehead atoms. The number of rotatable bonds is 2. The van der Waals surface area contributed by atoms with Gasteiger partial charge >= 0.3 is 0 Å². The van der Waals surface area contributed by atoms with Gasteiger partial charge in [-0.15, -0.1) is 0 Å². The van der Waals surface area contributed by atoms with Crippen LogP contribution in [0.5, 0.6) is 0 Å². The lowest BCUT2D eigenvalue weighted by Gasteiger charge is -2.17. The number of fused-ring (bicyclic) bond motifs is 1. The molecule has 1 atom stereocenters. The Morgan fingerprint density at radius 1 is 1.16 bits per heavy atom. The number of aromatic nitrogens is 1. The third kappa shape index (κ3) is 2.79. The zero-order valence-electron chi connectivity index (χ0n) is 10.9. The van der Waals surface area contributed by atoms with Gasteiger partial charge in [0.25, 0.3) is 5.56 Å². The van der Waals surface area contributed by atoms with E-state index in [0.29, 0.717) is 6.04 Å². The van der Waals surface area contributed by atoms with Gasteiger partial charge in [-0.25, -0.2) is 0 Å². The Bertz CT molecular complexity index is 612. The van der Waals surface area contributed by atoms with Crippen LogP contribution < -0.4 is 16.2 Å². The number of aromatic amines is 1. The molecular weight excluding hydrogens is 238 g/mol. The quantitative estimate of drug-likeness (QED) is 0.772. The van der Waals surface area contributed by atoms with Crippen molar-refractivity contribution in [2.24, 2.45) is 0 Å². The first-order valence-corrected chi connectivity index (χ1v) is 6.92. The van der Waals surface area contributed by atoms with Crippen molar-refractivity contribution in [3.63, 3.8) is 0 Å². The zero-order valence-corrected chi connectivity index (χ0v) is 10.9. The fourth-order valence-electron chi connectivity index (χ4n) is 2.68. The monoisotopic (exact) mass is 257 g/mol. The number of anilines is 1. The summed E-state index contributed by atoms with van der Waals surface area (Å²) in [4.78, 5) is 14.3. The molecule has 3 N–H and O–H groups in total. The lowest BCUT2D eigenvalue weighted by Crippen LogP contribution is -2.21. The Kier molecular flexibility index (Phi) is 3.51. The minimum atomic E-state index is -0.0253. The predicted molar refractivity (Wildman–Crippen MR) is 78.7 cm³/mol. The molecule has 100 valence electrons. The molecule has 2 heterocycles. The summed E-state index contributed by atoms with van der Waals surface area (Å²) in [5, 5.41) is 8.73. The Labute approximate surface area is 112 Å². The number of benzene rings is 1. The van der Waals surface area contributed by atoms with E-state index in [-0.39, 0.29) is 5.56 Å². The molecule has 1 aliphatic rings. The highest BCUT2D eigenvalue weighted by Crippen LogP contribution is 2.19. The van der Waals surface area contributed by atoms with Crippen LogP contribution in [0.4, 0.5) is 5.69 Å². The molecule has 0 saturated carbocycles. The summed E-state index contributed by atoms with van der Waals surface area (Å²) in [5.41, 5.74) is 1.08. The lowest BCUT2D eigenvalue weighted by molar-refractivity contribution is 0.638. The molecule has 0 radical (unpaired) electrons. The summed E-state index contributed by atoms with van der Waals surface area (Å²) in [7, 11) is 0. The van der Waals surface area contributed by atoms with Gasteiger partial charge in [-0.1, -0.05) is 0 Å². The molecular formula is C15H19N3O. The fraction of sp³-hybridized carbons (Fsp3) is 0.400. The van der Waals surface area contributed by atoms with Gasteiger partial charge in [0.1, 0.15) is 0 Å². The van der Waals surface area contributed by atoms with Gasteiger partial charge in [0.05, 0.1) is 0 Å². The van der Waals surface area contributed by atoms with Crippen molar-refractivity contribution < 1.29 is 0 Å². The van der Waals surface area contributed by atoms with Gasteiger partial charge in [0, 0.05) is 23.3 Å². The van der Waals surface area contributed by atoms with Crippen LogP contribution in [0.25, 0.3) is 10.8 Å². The molecule has 1 fully saturated rings. The van der Waals surface area contributed by atoms with Gasteiger partial charge in [0.2, 0.25) is 0 Å². The Hall–Kier alpha value is -1.81. The first kappa shape index (κ1) is 12.2. The van der Waals surface area contributed by atoms with Crippen molar-refractivity contribution in [3.05, 3.63) is 40.8 Å². The van der Waals surface area contributed by atoms with Crippen LogP contribution in [-0.4, -0.2) is 24.1 Å². The van der Waals surface area contributed by atoms with E-state index < -0.39 is 0 Å². The van der Waals surface area contributed by atoms with Crippen LogP contribution in [-0.2, 0) is 0 Å². The average molecular weight is 257 g/mol. The van der Waals surface area contributed by atoms with Crippen molar-refractivity contribution in [3.8, 4) is 0 Å². The Morgan fingerprint density at radius 2 is 2.11 bits per heavy atom. The summed E-state index contributed by atoms with van der Waals surface area (Å²) < 4.78 is 0. The molecule has 0 amide bonds. The maximum atomic E-state index is 11.6. The first-order valence-electron chi connectivity index (χ1n) is 6.92. The average Bonchev–Trinajstić information content (AvgIpc) is 2.68. The molecule has 2 aromatic rings. The number of H-pyrrole nitrogens is 1. The van der Waals surface area contributed by atoms with E-state index in [4.69, 9.17) is 0 Å². The number of pyridine rings is 1. The van der Waals surface area contributed by atoms with Crippen LogP contribution in [0.3, 0.4) is 0 Å². The lowest BCUT2D eigenvalue weighted by atomic mass is 10.1. The smallest absolute Gasteiger partial charge is 0.255 e. The van der Waals surface area contributed by atoms with Gasteiger partial charge in [0.15, 0.2) is 0 Å². The van der Waals surface area contributed by atoms with E-state index in [1.165, 1.54) is 12.8 Å². The molecule has 4 heteroatoms. The molecule has 1 aromatic heterocycles. The van der Waals surface area contributed by atoms with E-state index in [1.54, 1.807) is 6.20 Å². The maximum absolute atomic E-state index is 11.6. The summed E-state index contributed by atoms with van der Waals surface area (Å²) >= 11 is 0. The minimum Gasteiger partial charge on any atom is -0.382 e. The fourth-order valence-corrected chi connectivity index (χ4v) is 2.68. The topological polar surface area (TPSA) is 56.9 Å². The molecule has 19 heavy (non-hydrogen) atoms. The highest BCUT2D eigenvalue weighted by atomic mass is 16.1. The van der Waals surface area contributed by atoms with E-state index in [2.05, 4.69) is 21.7 Å². The van der Waals surface area contributed by atoms with Crippen LogP contribution in [0.15, 0.2) is 35.3 Å². The van der Waals surface area contributed by atoms with Crippen molar-refractivity contribution in [1.29, 1.82) is 0 Å². The van der Waals surface area contributed by atoms with Crippen LogP contribution >= 0.6 is 0 Å². The summed E-state index contributed by atoms with van der Waals surface area (Å²) in [5.74, 6) is 0. The number of nitrogens with one attached hydrogen (secondary N) is 3. The van der Waals surface area contributed by atoms with Gasteiger partial charge in [-0.2, -0.15) is 0 Å². The highest BCUT2D eigenvalue weighted by Gasteiger charge is 2.11. The standard InChI is InChI=1S/C15H19N3O/c19-15-14-4-3-13(10-11(14)5-9-17-15)18-12-2-1-7-16-8-6-12/h3-5,9-10,12,16,18H,1-2,6-8H2,(H,17,19). The second kappa shape index (κ2) is 5.45. The molecule has 0 spiro atoms. The molecule has 1 aliphatic heterocycles. The van der Waals surface area contributed by atoms with Crippen molar-refractivity contribution in [2.45, 2.75) is 25.3 Å².